The number of amides is 2. The first kappa shape index (κ1) is 19.3. The van der Waals surface area contributed by atoms with Crippen LogP contribution in [0.3, 0.4) is 0 Å². The highest BCUT2D eigenvalue weighted by Crippen LogP contribution is 2.31. The molecule has 0 radical (unpaired) electrons. The van der Waals surface area contributed by atoms with E-state index in [0.29, 0.717) is 24.6 Å². The maximum Gasteiger partial charge on any atom is 0.282 e. The molecule has 1 saturated heterocycles. The second-order valence-electron chi connectivity index (χ2n) is 7.42. The third kappa shape index (κ3) is 4.35. The summed E-state index contributed by atoms with van der Waals surface area (Å²) in [6.07, 6.45) is -0.620. The number of piperazine rings is 1. The van der Waals surface area contributed by atoms with Gasteiger partial charge in [0.15, 0.2) is 17.5 Å². The Morgan fingerprint density at radius 2 is 1.69 bits per heavy atom. The Morgan fingerprint density at radius 3 is 2.41 bits per heavy atom. The molecule has 0 bridgehead atoms. The minimum Gasteiger partial charge on any atom is -0.485 e. The molecule has 2 aromatic carbocycles. The molecule has 0 saturated carbocycles. The van der Waals surface area contributed by atoms with Gasteiger partial charge in [-0.3, -0.25) is 9.59 Å². The third-order valence-corrected chi connectivity index (χ3v) is 5.55. The Kier molecular flexibility index (Phi) is 5.67. The van der Waals surface area contributed by atoms with Gasteiger partial charge >= 0.3 is 0 Å². The topological polar surface area (TPSA) is 72.3 Å². The van der Waals surface area contributed by atoms with Crippen molar-refractivity contribution in [2.24, 2.45) is 0 Å². The predicted octanol–water partition coefficient (Wildman–Crippen LogP) is 0.581. The van der Waals surface area contributed by atoms with E-state index in [0.717, 1.165) is 18.8 Å². The second-order valence-corrected chi connectivity index (χ2v) is 7.42. The van der Waals surface area contributed by atoms with Gasteiger partial charge in [-0.25, -0.2) is 0 Å². The van der Waals surface area contributed by atoms with Gasteiger partial charge in [0, 0.05) is 5.69 Å². The first-order chi connectivity index (χ1) is 14.1. The van der Waals surface area contributed by atoms with Gasteiger partial charge in [-0.2, -0.15) is 0 Å². The van der Waals surface area contributed by atoms with Crippen LogP contribution in [-0.4, -0.2) is 61.6 Å². The average molecular weight is 396 g/mol. The zero-order valence-electron chi connectivity index (χ0n) is 16.5. The summed E-state index contributed by atoms with van der Waals surface area (Å²) in [4.78, 5) is 28.4. The summed E-state index contributed by atoms with van der Waals surface area (Å²) in [5.74, 6) is 1.21. The fraction of sp³-hybridized carbons (Fsp3) is 0.364. The Morgan fingerprint density at radius 1 is 1.03 bits per heavy atom. The Labute approximate surface area is 170 Å². The quantitative estimate of drug-likeness (QED) is 0.793. The molecular formula is C22H26N3O4+. The van der Waals surface area contributed by atoms with Gasteiger partial charge in [-0.1, -0.05) is 30.3 Å². The number of hydrogen-bond donors (Lipinski definition) is 2. The first-order valence-corrected chi connectivity index (χ1v) is 9.99. The van der Waals surface area contributed by atoms with Crippen molar-refractivity contribution in [1.82, 2.24) is 4.90 Å². The van der Waals surface area contributed by atoms with E-state index in [-0.39, 0.29) is 24.5 Å². The standard InChI is InChI=1S/C22H25N3O4/c1-16(21(26)23-17-7-3-2-4-8-17)24-11-13-25(14-12-24)22(27)20-15-28-18-9-5-6-10-19(18)29-20/h2-10,16,20H,11-15H2,1H3,(H,23,26)/p+1/t16-,20+/m1/s1. The highest BCUT2D eigenvalue weighted by atomic mass is 16.6. The molecule has 2 amide bonds. The number of para-hydroxylation sites is 3. The van der Waals surface area contributed by atoms with Crippen LogP contribution in [0.5, 0.6) is 11.5 Å². The molecule has 2 heterocycles. The molecule has 2 N–H and O–H groups in total. The average Bonchev–Trinajstić information content (AvgIpc) is 2.78. The fourth-order valence-electron chi connectivity index (χ4n) is 3.75. The van der Waals surface area contributed by atoms with Gasteiger partial charge in [0.2, 0.25) is 6.10 Å². The van der Waals surface area contributed by atoms with Crippen LogP contribution in [0, 0.1) is 0 Å². The van der Waals surface area contributed by atoms with E-state index in [1.165, 1.54) is 4.90 Å². The van der Waals surface area contributed by atoms with Gasteiger partial charge in [0.25, 0.3) is 11.8 Å². The number of ether oxygens (including phenoxy) is 2. The van der Waals surface area contributed by atoms with Crippen molar-refractivity contribution in [3.8, 4) is 11.5 Å². The first-order valence-electron chi connectivity index (χ1n) is 9.99. The van der Waals surface area contributed by atoms with Gasteiger partial charge < -0.3 is 24.6 Å². The van der Waals surface area contributed by atoms with Crippen LogP contribution in [0.15, 0.2) is 54.6 Å². The monoisotopic (exact) mass is 396 g/mol. The number of carbonyl (C=O) groups is 2. The maximum atomic E-state index is 12.8. The summed E-state index contributed by atoms with van der Waals surface area (Å²) in [5, 5.41) is 2.96. The largest absolute Gasteiger partial charge is 0.485 e. The highest BCUT2D eigenvalue weighted by molar-refractivity contribution is 5.93. The predicted molar refractivity (Wildman–Crippen MR) is 108 cm³/mol. The zero-order chi connectivity index (χ0) is 20.2. The van der Waals surface area contributed by atoms with E-state index in [1.54, 1.807) is 0 Å². The third-order valence-electron chi connectivity index (χ3n) is 5.55. The number of carbonyl (C=O) groups excluding carboxylic acids is 2. The molecule has 29 heavy (non-hydrogen) atoms. The van der Waals surface area contributed by atoms with Crippen LogP contribution < -0.4 is 19.7 Å². The van der Waals surface area contributed by atoms with Gasteiger partial charge in [-0.05, 0) is 31.2 Å². The van der Waals surface area contributed by atoms with E-state index in [1.807, 2.05) is 66.4 Å². The number of quaternary nitrogens is 1. The van der Waals surface area contributed by atoms with Crippen molar-refractivity contribution < 1.29 is 24.0 Å². The summed E-state index contributed by atoms with van der Waals surface area (Å²) >= 11 is 0. The number of rotatable bonds is 4. The Bertz CT molecular complexity index is 865. The molecule has 2 atom stereocenters. The normalized spacial score (nSPS) is 20.0. The van der Waals surface area contributed by atoms with Crippen molar-refractivity contribution in [2.75, 3.05) is 38.1 Å². The molecular weight excluding hydrogens is 370 g/mol. The molecule has 152 valence electrons. The number of nitrogens with zero attached hydrogens (tertiary/aromatic N) is 1. The SMILES string of the molecule is C[C@H](C(=O)Nc1ccccc1)[NH+]1CCN(C(=O)[C@@H]2COc3ccccc3O2)CC1. The van der Waals surface area contributed by atoms with Gasteiger partial charge in [0.05, 0.1) is 26.2 Å². The van der Waals surface area contributed by atoms with Gasteiger partial charge in [-0.15, -0.1) is 0 Å². The Balaban J connectivity index is 1.29. The van der Waals surface area contributed by atoms with Crippen molar-refractivity contribution in [3.63, 3.8) is 0 Å². The van der Waals surface area contributed by atoms with E-state index in [2.05, 4.69) is 5.32 Å². The molecule has 0 spiro atoms. The van der Waals surface area contributed by atoms with Gasteiger partial charge in [0.1, 0.15) is 6.61 Å². The lowest BCUT2D eigenvalue weighted by molar-refractivity contribution is -0.917. The fourth-order valence-corrected chi connectivity index (χ4v) is 3.75. The van der Waals surface area contributed by atoms with Crippen molar-refractivity contribution in [2.45, 2.75) is 19.1 Å². The van der Waals surface area contributed by atoms with Crippen LogP contribution in [0.2, 0.25) is 0 Å². The zero-order valence-corrected chi connectivity index (χ0v) is 16.5. The van der Waals surface area contributed by atoms with Crippen LogP contribution >= 0.6 is 0 Å². The lowest BCUT2D eigenvalue weighted by atomic mass is 10.2. The summed E-state index contributed by atoms with van der Waals surface area (Å²) in [6.45, 7) is 4.79. The summed E-state index contributed by atoms with van der Waals surface area (Å²) in [7, 11) is 0. The molecule has 2 aliphatic heterocycles. The van der Waals surface area contributed by atoms with Crippen LogP contribution in [0.25, 0.3) is 0 Å². The molecule has 7 nitrogen and oxygen atoms in total. The van der Waals surface area contributed by atoms with E-state index < -0.39 is 6.10 Å². The highest BCUT2D eigenvalue weighted by Gasteiger charge is 2.35. The second kappa shape index (κ2) is 8.53. The number of hydrogen-bond acceptors (Lipinski definition) is 4. The minimum absolute atomic E-state index is 0.00778. The summed E-state index contributed by atoms with van der Waals surface area (Å²) in [5.41, 5.74) is 0.798. The van der Waals surface area contributed by atoms with Crippen LogP contribution in [-0.2, 0) is 9.59 Å². The van der Waals surface area contributed by atoms with E-state index >= 15 is 0 Å². The molecule has 4 rings (SSSR count). The molecule has 2 aliphatic rings. The maximum absolute atomic E-state index is 12.8. The summed E-state index contributed by atoms with van der Waals surface area (Å²) in [6, 6.07) is 16.7. The molecule has 0 aliphatic carbocycles. The number of fused-ring (bicyclic) bond motifs is 1. The lowest BCUT2D eigenvalue weighted by Gasteiger charge is -2.36. The number of benzene rings is 2. The summed E-state index contributed by atoms with van der Waals surface area (Å²) < 4.78 is 11.5. The van der Waals surface area contributed by atoms with Crippen molar-refractivity contribution in [3.05, 3.63) is 54.6 Å². The lowest BCUT2D eigenvalue weighted by Crippen LogP contribution is -3.19. The van der Waals surface area contributed by atoms with Crippen molar-refractivity contribution >= 4 is 17.5 Å². The van der Waals surface area contributed by atoms with Crippen LogP contribution in [0.4, 0.5) is 5.69 Å². The molecule has 1 fully saturated rings. The van der Waals surface area contributed by atoms with Crippen LogP contribution in [0.1, 0.15) is 6.92 Å². The molecule has 7 heteroatoms. The smallest absolute Gasteiger partial charge is 0.282 e. The van der Waals surface area contributed by atoms with E-state index in [4.69, 9.17) is 9.47 Å². The number of anilines is 1. The van der Waals surface area contributed by atoms with Crippen molar-refractivity contribution in [1.29, 1.82) is 0 Å². The molecule has 2 aromatic rings. The molecule has 0 unspecified atom stereocenters. The Hall–Kier alpha value is -3.06. The number of nitrogens with one attached hydrogen (secondary N) is 2. The minimum atomic E-state index is -0.620. The van der Waals surface area contributed by atoms with E-state index in [9.17, 15) is 9.59 Å². The molecule has 0 aromatic heterocycles.